The molecule has 0 saturated carbocycles. The van der Waals surface area contributed by atoms with Crippen LogP contribution >= 0.6 is 11.8 Å². The molecule has 0 aromatic heterocycles. The predicted molar refractivity (Wildman–Crippen MR) is 55.6 cm³/mol. The zero-order valence-corrected chi connectivity index (χ0v) is 8.40. The second kappa shape index (κ2) is 4.53. The number of thioether (sulfide) groups is 1. The minimum absolute atomic E-state index is 0.273. The first-order valence-electron chi connectivity index (χ1n) is 4.14. The summed E-state index contributed by atoms with van der Waals surface area (Å²) < 4.78 is 0. The van der Waals surface area contributed by atoms with E-state index in [9.17, 15) is 0 Å². The minimum atomic E-state index is 0.273. The molecule has 1 rings (SSSR count). The van der Waals surface area contributed by atoms with E-state index in [1.165, 1.54) is 10.5 Å². The Morgan fingerprint density at radius 3 is 2.67 bits per heavy atom. The maximum atomic E-state index is 5.67. The molecule has 1 atom stereocenters. The molecule has 1 aromatic rings. The van der Waals surface area contributed by atoms with Crippen LogP contribution in [0.4, 0.5) is 0 Å². The Kier molecular flexibility index (Phi) is 3.63. The number of benzene rings is 1. The molecule has 0 heterocycles. The molecular weight excluding hydrogens is 166 g/mol. The van der Waals surface area contributed by atoms with Gasteiger partial charge < -0.3 is 5.73 Å². The summed E-state index contributed by atoms with van der Waals surface area (Å²) >= 11 is 1.83. The van der Waals surface area contributed by atoms with Crippen LogP contribution < -0.4 is 5.73 Å². The summed E-state index contributed by atoms with van der Waals surface area (Å²) in [5.74, 6) is 0.991. The van der Waals surface area contributed by atoms with Crippen molar-refractivity contribution in [1.29, 1.82) is 0 Å². The Balaban J connectivity index is 2.57. The molecule has 0 radical (unpaired) electrons. The highest BCUT2D eigenvalue weighted by Crippen LogP contribution is 2.21. The molecule has 0 aliphatic rings. The molecule has 2 heteroatoms. The van der Waals surface area contributed by atoms with Crippen LogP contribution in [0.5, 0.6) is 0 Å². The third-order valence-electron chi connectivity index (χ3n) is 1.60. The van der Waals surface area contributed by atoms with Crippen LogP contribution in [0.3, 0.4) is 0 Å². The van der Waals surface area contributed by atoms with Crippen molar-refractivity contribution in [1.82, 2.24) is 0 Å². The van der Waals surface area contributed by atoms with E-state index in [4.69, 9.17) is 5.73 Å². The summed E-state index contributed by atoms with van der Waals surface area (Å²) in [4.78, 5) is 1.34. The van der Waals surface area contributed by atoms with Crippen LogP contribution in [-0.4, -0.2) is 11.8 Å². The van der Waals surface area contributed by atoms with E-state index < -0.39 is 0 Å². The second-order valence-corrected chi connectivity index (χ2v) is 4.12. The molecule has 1 aromatic carbocycles. The Labute approximate surface area is 78.4 Å². The molecule has 0 saturated heterocycles. The third-order valence-corrected chi connectivity index (χ3v) is 3.06. The highest BCUT2D eigenvalue weighted by molar-refractivity contribution is 7.99. The van der Waals surface area contributed by atoms with Crippen LogP contribution in [0.1, 0.15) is 12.5 Å². The van der Waals surface area contributed by atoms with Gasteiger partial charge >= 0.3 is 0 Å². The van der Waals surface area contributed by atoms with Crippen molar-refractivity contribution in [2.45, 2.75) is 24.8 Å². The number of hydrogen-bond acceptors (Lipinski definition) is 2. The third kappa shape index (κ3) is 2.88. The smallest absolute Gasteiger partial charge is 0.0130 e. The molecule has 0 aliphatic heterocycles. The molecular formula is C10H15NS. The quantitative estimate of drug-likeness (QED) is 0.725. The molecule has 0 amide bonds. The monoisotopic (exact) mass is 181 g/mol. The molecule has 1 nitrogen and oxygen atoms in total. The highest BCUT2D eigenvalue weighted by Gasteiger charge is 1.99. The summed E-state index contributed by atoms with van der Waals surface area (Å²) in [5, 5.41) is 0. The van der Waals surface area contributed by atoms with Crippen LogP contribution in [0.15, 0.2) is 29.2 Å². The van der Waals surface area contributed by atoms with Gasteiger partial charge in [-0.1, -0.05) is 18.2 Å². The Morgan fingerprint density at radius 2 is 2.08 bits per heavy atom. The second-order valence-electron chi connectivity index (χ2n) is 3.05. The van der Waals surface area contributed by atoms with Crippen molar-refractivity contribution < 1.29 is 0 Å². The number of hydrogen-bond donors (Lipinski definition) is 1. The Morgan fingerprint density at radius 1 is 1.42 bits per heavy atom. The summed E-state index contributed by atoms with van der Waals surface area (Å²) in [7, 11) is 0. The Bertz CT molecular complexity index is 245. The topological polar surface area (TPSA) is 26.0 Å². The lowest BCUT2D eigenvalue weighted by Crippen LogP contribution is -2.17. The molecule has 0 spiro atoms. The molecule has 0 unspecified atom stereocenters. The number of rotatable bonds is 3. The van der Waals surface area contributed by atoms with Gasteiger partial charge in [0.25, 0.3) is 0 Å². The fourth-order valence-electron chi connectivity index (χ4n) is 0.940. The lowest BCUT2D eigenvalue weighted by atomic mass is 10.2. The number of aryl methyl sites for hydroxylation is 1. The van der Waals surface area contributed by atoms with Gasteiger partial charge in [-0.2, -0.15) is 0 Å². The normalized spacial score (nSPS) is 12.9. The van der Waals surface area contributed by atoms with Gasteiger partial charge in [0.2, 0.25) is 0 Å². The van der Waals surface area contributed by atoms with Crippen LogP contribution in [0, 0.1) is 6.92 Å². The van der Waals surface area contributed by atoms with Gasteiger partial charge in [-0.3, -0.25) is 0 Å². The first kappa shape index (κ1) is 9.62. The number of nitrogens with two attached hydrogens (primary N) is 1. The lowest BCUT2D eigenvalue weighted by Gasteiger charge is -2.06. The van der Waals surface area contributed by atoms with E-state index in [0.29, 0.717) is 0 Å². The maximum absolute atomic E-state index is 5.67. The van der Waals surface area contributed by atoms with Gasteiger partial charge in [-0.15, -0.1) is 11.8 Å². The highest BCUT2D eigenvalue weighted by atomic mass is 32.2. The molecule has 0 bridgehead atoms. The van der Waals surface area contributed by atoms with Gasteiger partial charge in [0.15, 0.2) is 0 Å². The summed E-state index contributed by atoms with van der Waals surface area (Å²) in [5.41, 5.74) is 7.01. The fourth-order valence-corrected chi connectivity index (χ4v) is 1.85. The molecule has 66 valence electrons. The molecule has 12 heavy (non-hydrogen) atoms. The summed E-state index contributed by atoms with van der Waals surface area (Å²) in [6.45, 7) is 4.16. The van der Waals surface area contributed by atoms with E-state index in [1.54, 1.807) is 0 Å². The largest absolute Gasteiger partial charge is 0.327 e. The first-order valence-corrected chi connectivity index (χ1v) is 5.12. The zero-order chi connectivity index (χ0) is 8.97. The predicted octanol–water partition coefficient (Wildman–Crippen LogP) is 2.43. The van der Waals surface area contributed by atoms with Crippen molar-refractivity contribution in [3.63, 3.8) is 0 Å². The lowest BCUT2D eigenvalue weighted by molar-refractivity contribution is 0.847. The van der Waals surface area contributed by atoms with Gasteiger partial charge in [0, 0.05) is 16.7 Å². The maximum Gasteiger partial charge on any atom is 0.0130 e. The van der Waals surface area contributed by atoms with Gasteiger partial charge in [-0.05, 0) is 25.5 Å². The Hall–Kier alpha value is -0.470. The standard InChI is InChI=1S/C10H15NS/c1-8-5-3-4-6-10(8)12-7-9(2)11/h3-6,9H,7,11H2,1-2H3/t9-/m1/s1. The van der Waals surface area contributed by atoms with E-state index >= 15 is 0 Å². The van der Waals surface area contributed by atoms with Crippen LogP contribution in [0.2, 0.25) is 0 Å². The van der Waals surface area contributed by atoms with E-state index in [-0.39, 0.29) is 6.04 Å². The van der Waals surface area contributed by atoms with Crippen molar-refractivity contribution in [2.24, 2.45) is 5.73 Å². The van der Waals surface area contributed by atoms with Crippen molar-refractivity contribution in [3.8, 4) is 0 Å². The van der Waals surface area contributed by atoms with Crippen molar-refractivity contribution >= 4 is 11.8 Å². The average molecular weight is 181 g/mol. The molecule has 0 aliphatic carbocycles. The fraction of sp³-hybridized carbons (Fsp3) is 0.400. The van der Waals surface area contributed by atoms with Gasteiger partial charge in [0.05, 0.1) is 0 Å². The van der Waals surface area contributed by atoms with Gasteiger partial charge in [-0.25, -0.2) is 0 Å². The van der Waals surface area contributed by atoms with Crippen molar-refractivity contribution in [3.05, 3.63) is 29.8 Å². The van der Waals surface area contributed by atoms with Crippen LogP contribution in [-0.2, 0) is 0 Å². The summed E-state index contributed by atoms with van der Waals surface area (Å²) in [6.07, 6.45) is 0. The van der Waals surface area contributed by atoms with Crippen LogP contribution in [0.25, 0.3) is 0 Å². The first-order chi connectivity index (χ1) is 5.70. The minimum Gasteiger partial charge on any atom is -0.327 e. The average Bonchev–Trinajstić information content (AvgIpc) is 2.03. The van der Waals surface area contributed by atoms with Gasteiger partial charge in [0.1, 0.15) is 0 Å². The molecule has 2 N–H and O–H groups in total. The SMILES string of the molecule is Cc1ccccc1SC[C@@H](C)N. The van der Waals surface area contributed by atoms with E-state index in [0.717, 1.165) is 5.75 Å². The van der Waals surface area contributed by atoms with E-state index in [2.05, 4.69) is 31.2 Å². The molecule has 0 fully saturated rings. The summed E-state index contributed by atoms with van der Waals surface area (Å²) in [6, 6.07) is 8.67. The zero-order valence-electron chi connectivity index (χ0n) is 7.58. The van der Waals surface area contributed by atoms with Crippen molar-refractivity contribution in [2.75, 3.05) is 5.75 Å². The van der Waals surface area contributed by atoms with E-state index in [1.807, 2.05) is 18.7 Å².